The minimum absolute atomic E-state index is 0.100. The van der Waals surface area contributed by atoms with Crippen molar-refractivity contribution in [1.82, 2.24) is 14.2 Å². The van der Waals surface area contributed by atoms with Crippen LogP contribution in [0.5, 0.6) is 0 Å². The Labute approximate surface area is 173 Å². The molecule has 1 aromatic carbocycles. The van der Waals surface area contributed by atoms with Gasteiger partial charge in [0.25, 0.3) is 10.0 Å². The van der Waals surface area contributed by atoms with E-state index in [2.05, 4.69) is 32.7 Å². The molecule has 0 amide bonds. The van der Waals surface area contributed by atoms with E-state index in [9.17, 15) is 8.42 Å². The van der Waals surface area contributed by atoms with E-state index >= 15 is 0 Å². The van der Waals surface area contributed by atoms with Crippen molar-refractivity contribution in [3.05, 3.63) is 34.1 Å². The molecule has 1 aliphatic heterocycles. The van der Waals surface area contributed by atoms with Gasteiger partial charge < -0.3 is 4.90 Å². The van der Waals surface area contributed by atoms with Crippen molar-refractivity contribution in [3.63, 3.8) is 0 Å². The molecule has 0 atom stereocenters. The molecular formula is C19H24BrN3O2S2. The lowest BCUT2D eigenvalue weighted by molar-refractivity contribution is 0.161. The summed E-state index contributed by atoms with van der Waals surface area (Å²) in [6.07, 6.45) is 3.76. The molecule has 5 nitrogen and oxygen atoms in total. The van der Waals surface area contributed by atoms with Crippen LogP contribution in [0.1, 0.15) is 32.6 Å². The highest BCUT2D eigenvalue weighted by molar-refractivity contribution is 9.10. The lowest BCUT2D eigenvalue weighted by Crippen LogP contribution is -2.48. The average Bonchev–Trinajstić information content (AvgIpc) is 3.36. The Morgan fingerprint density at radius 3 is 2.37 bits per heavy atom. The van der Waals surface area contributed by atoms with Crippen molar-refractivity contribution in [2.75, 3.05) is 19.6 Å². The fraction of sp³-hybridized carbons (Fsp3) is 0.526. The van der Waals surface area contributed by atoms with Crippen molar-refractivity contribution in [1.29, 1.82) is 0 Å². The molecule has 4 rings (SSSR count). The fourth-order valence-corrected chi connectivity index (χ4v) is 6.99. The molecule has 0 N–H and O–H groups in total. The number of hydrogen-bond donors (Lipinski definition) is 0. The lowest BCUT2D eigenvalue weighted by Gasteiger charge is -2.37. The maximum atomic E-state index is 13.4. The summed E-state index contributed by atoms with van der Waals surface area (Å²) in [7, 11) is -3.55. The molecule has 0 spiro atoms. The summed E-state index contributed by atoms with van der Waals surface area (Å²) in [5.74, 6) is 0. The molecule has 1 saturated carbocycles. The summed E-state index contributed by atoms with van der Waals surface area (Å²) >= 11 is 4.82. The smallest absolute Gasteiger partial charge is 0.261 e. The van der Waals surface area contributed by atoms with Gasteiger partial charge in [-0.25, -0.2) is 13.4 Å². The van der Waals surface area contributed by atoms with Crippen LogP contribution >= 0.6 is 27.3 Å². The highest BCUT2D eigenvalue weighted by Gasteiger charge is 2.44. The predicted molar refractivity (Wildman–Crippen MR) is 112 cm³/mol. The van der Waals surface area contributed by atoms with Crippen molar-refractivity contribution in [2.45, 2.75) is 49.7 Å². The van der Waals surface area contributed by atoms with E-state index in [1.807, 2.05) is 24.3 Å². The number of likely N-dealkylation sites (tertiary alicyclic amines) is 1. The molecule has 8 heteroatoms. The van der Waals surface area contributed by atoms with Gasteiger partial charge in [-0.3, -0.25) is 0 Å². The summed E-state index contributed by atoms with van der Waals surface area (Å²) in [4.78, 5) is 6.89. The monoisotopic (exact) mass is 469 g/mol. The first kappa shape index (κ1) is 19.5. The van der Waals surface area contributed by atoms with Crippen LogP contribution < -0.4 is 0 Å². The van der Waals surface area contributed by atoms with Gasteiger partial charge in [-0.05, 0) is 57.5 Å². The van der Waals surface area contributed by atoms with Crippen LogP contribution in [0.3, 0.4) is 0 Å². The van der Waals surface area contributed by atoms with Crippen LogP contribution in [0.4, 0.5) is 0 Å². The van der Waals surface area contributed by atoms with Crippen LogP contribution in [0, 0.1) is 0 Å². The van der Waals surface area contributed by atoms with E-state index in [1.165, 1.54) is 11.3 Å². The van der Waals surface area contributed by atoms with E-state index in [4.69, 9.17) is 0 Å². The van der Waals surface area contributed by atoms with Crippen molar-refractivity contribution >= 4 is 37.3 Å². The maximum absolute atomic E-state index is 13.4. The highest BCUT2D eigenvalue weighted by Crippen LogP contribution is 2.37. The molecule has 2 aromatic rings. The molecule has 1 saturated heterocycles. The van der Waals surface area contributed by atoms with E-state index < -0.39 is 10.0 Å². The van der Waals surface area contributed by atoms with Crippen molar-refractivity contribution in [2.24, 2.45) is 0 Å². The Bertz CT molecular complexity index is 886. The SMILES string of the molecule is CCN1CCC(N(C2CC2)S(=O)(=O)c2csc(-c3ccc(Br)cc3)n2)CC1. The normalized spacial score (nSPS) is 19.7. The second kappa shape index (κ2) is 7.91. The topological polar surface area (TPSA) is 53.5 Å². The molecule has 146 valence electrons. The summed E-state index contributed by atoms with van der Waals surface area (Å²) in [5, 5.41) is 2.65. The Morgan fingerprint density at radius 1 is 1.15 bits per heavy atom. The molecular weight excluding hydrogens is 446 g/mol. The molecule has 2 heterocycles. The molecule has 0 radical (unpaired) electrons. The zero-order valence-electron chi connectivity index (χ0n) is 15.3. The number of rotatable bonds is 6. The third kappa shape index (κ3) is 4.15. The number of halogens is 1. The van der Waals surface area contributed by atoms with Crippen LogP contribution in [0.2, 0.25) is 0 Å². The molecule has 1 aromatic heterocycles. The highest BCUT2D eigenvalue weighted by atomic mass is 79.9. The third-order valence-corrected chi connectivity index (χ3v) is 8.85. The second-order valence-corrected chi connectivity index (χ2v) is 10.8. The van der Waals surface area contributed by atoms with Gasteiger partial charge in [0.05, 0.1) is 0 Å². The predicted octanol–water partition coefficient (Wildman–Crippen LogP) is 4.21. The standard InChI is InChI=1S/C19H24BrN3O2S2/c1-2-22-11-9-17(10-12-22)23(16-7-8-16)27(24,25)18-13-26-19(21-18)14-3-5-15(20)6-4-14/h3-6,13,16-17H,2,7-12H2,1H3. The van der Waals surface area contributed by atoms with E-state index in [1.54, 1.807) is 9.69 Å². The number of hydrogen-bond acceptors (Lipinski definition) is 5. The average molecular weight is 470 g/mol. The zero-order chi connectivity index (χ0) is 19.0. The first-order valence-electron chi connectivity index (χ1n) is 9.46. The van der Waals surface area contributed by atoms with Gasteiger partial charge in [0.2, 0.25) is 0 Å². The summed E-state index contributed by atoms with van der Waals surface area (Å²) in [6, 6.07) is 8.07. The van der Waals surface area contributed by atoms with E-state index in [-0.39, 0.29) is 17.1 Å². The lowest BCUT2D eigenvalue weighted by atomic mass is 10.1. The molecule has 1 aliphatic carbocycles. The number of sulfonamides is 1. The minimum atomic E-state index is -3.55. The first-order chi connectivity index (χ1) is 13.0. The largest absolute Gasteiger partial charge is 0.303 e. The second-order valence-electron chi connectivity index (χ2n) is 7.23. The zero-order valence-corrected chi connectivity index (χ0v) is 18.6. The Morgan fingerprint density at radius 2 is 1.78 bits per heavy atom. The van der Waals surface area contributed by atoms with Gasteiger partial charge in [0, 0.05) is 27.5 Å². The van der Waals surface area contributed by atoms with Gasteiger partial charge in [-0.1, -0.05) is 35.0 Å². The summed E-state index contributed by atoms with van der Waals surface area (Å²) in [6.45, 7) is 5.14. The van der Waals surface area contributed by atoms with Crippen LogP contribution in [-0.2, 0) is 10.0 Å². The van der Waals surface area contributed by atoms with Crippen molar-refractivity contribution in [3.8, 4) is 10.6 Å². The van der Waals surface area contributed by atoms with Gasteiger partial charge in [-0.2, -0.15) is 4.31 Å². The number of piperidine rings is 1. The molecule has 27 heavy (non-hydrogen) atoms. The Balaban J connectivity index is 1.58. The van der Waals surface area contributed by atoms with Crippen molar-refractivity contribution < 1.29 is 8.42 Å². The number of benzene rings is 1. The molecule has 2 aliphatic rings. The number of aromatic nitrogens is 1. The first-order valence-corrected chi connectivity index (χ1v) is 12.6. The van der Waals surface area contributed by atoms with E-state index in [0.29, 0.717) is 0 Å². The van der Waals surface area contributed by atoms with Crippen LogP contribution in [0.15, 0.2) is 39.1 Å². The summed E-state index contributed by atoms with van der Waals surface area (Å²) < 4.78 is 29.6. The molecule has 2 fully saturated rings. The van der Waals surface area contributed by atoms with E-state index in [0.717, 1.165) is 60.4 Å². The Kier molecular flexibility index (Phi) is 5.72. The van der Waals surface area contributed by atoms with Gasteiger partial charge in [-0.15, -0.1) is 11.3 Å². The van der Waals surface area contributed by atoms with Gasteiger partial charge in [0.1, 0.15) is 5.01 Å². The minimum Gasteiger partial charge on any atom is -0.303 e. The number of thiazole rings is 1. The van der Waals surface area contributed by atoms with Crippen LogP contribution in [0.25, 0.3) is 10.6 Å². The third-order valence-electron chi connectivity index (χ3n) is 5.39. The summed E-state index contributed by atoms with van der Waals surface area (Å²) in [5.41, 5.74) is 0.943. The molecule has 0 unspecified atom stereocenters. The van der Waals surface area contributed by atoms with Gasteiger partial charge >= 0.3 is 0 Å². The Hall–Kier alpha value is -0.800. The fourth-order valence-electron chi connectivity index (χ4n) is 3.72. The number of nitrogens with zero attached hydrogens (tertiary/aromatic N) is 3. The molecule has 0 bridgehead atoms. The van der Waals surface area contributed by atoms with Gasteiger partial charge in [0.15, 0.2) is 5.03 Å². The maximum Gasteiger partial charge on any atom is 0.261 e. The van der Waals surface area contributed by atoms with Crippen LogP contribution in [-0.4, -0.2) is 54.3 Å². The quantitative estimate of drug-likeness (QED) is 0.635.